The largest absolute Gasteiger partial charge is 0.417 e. The molecule has 2 bridgehead atoms. The second-order valence-corrected chi connectivity index (χ2v) is 10.9. The molecule has 1 heterocycles. The molecule has 9 heteroatoms. The van der Waals surface area contributed by atoms with Gasteiger partial charge in [-0.25, -0.2) is 8.42 Å². The Morgan fingerprint density at radius 1 is 1.09 bits per heavy atom. The molecule has 1 saturated heterocycles. The van der Waals surface area contributed by atoms with Gasteiger partial charge in [-0.1, -0.05) is 30.3 Å². The van der Waals surface area contributed by atoms with Crippen molar-refractivity contribution in [1.29, 1.82) is 5.26 Å². The van der Waals surface area contributed by atoms with Crippen molar-refractivity contribution in [3.05, 3.63) is 65.2 Å². The summed E-state index contributed by atoms with van der Waals surface area (Å²) in [4.78, 5) is 0. The van der Waals surface area contributed by atoms with Crippen LogP contribution in [0.25, 0.3) is 0 Å². The van der Waals surface area contributed by atoms with Crippen molar-refractivity contribution >= 4 is 15.7 Å². The molecule has 0 aromatic heterocycles. The van der Waals surface area contributed by atoms with Crippen molar-refractivity contribution in [2.45, 2.75) is 36.9 Å². The van der Waals surface area contributed by atoms with Gasteiger partial charge >= 0.3 is 6.18 Å². The standard InChI is InChI=1S/C23H22F3N3O2S/c24-23(25,26)20-10-17(7-6-15(20)11-27)29-13-19-16-8-18(22(19)32(29,30)31)21(9-16)28-12-14-4-2-1-3-5-14/h1-7,10,16,18-19,21-22,28H,8-9,12-13H2/t16-,18+,19+,21-,22-/m1/s1. The smallest absolute Gasteiger partial charge is 0.310 e. The lowest BCUT2D eigenvalue weighted by atomic mass is 9.85. The van der Waals surface area contributed by atoms with Gasteiger partial charge in [0.05, 0.1) is 28.1 Å². The highest BCUT2D eigenvalue weighted by Crippen LogP contribution is 2.56. The van der Waals surface area contributed by atoms with Gasteiger partial charge in [-0.2, -0.15) is 18.4 Å². The third-order valence-corrected chi connectivity index (χ3v) is 9.62. The summed E-state index contributed by atoms with van der Waals surface area (Å²) in [6.45, 7) is 0.850. The van der Waals surface area contributed by atoms with Gasteiger partial charge in [0, 0.05) is 19.1 Å². The molecule has 5 atom stereocenters. The number of sulfonamides is 1. The monoisotopic (exact) mass is 461 g/mol. The topological polar surface area (TPSA) is 73.2 Å². The molecular formula is C23H22F3N3O2S. The number of halogens is 3. The lowest BCUT2D eigenvalue weighted by Crippen LogP contribution is -2.44. The SMILES string of the molecule is N#Cc1ccc(N2C[C@H]3[C@@H]4C[C@H]([C@H]3S2(=O)=O)[C@H](NCc2ccccc2)C4)cc1C(F)(F)F. The number of hydrogen-bond donors (Lipinski definition) is 1. The first-order chi connectivity index (χ1) is 15.2. The molecule has 0 radical (unpaired) electrons. The summed E-state index contributed by atoms with van der Waals surface area (Å²) in [6, 6.07) is 14.7. The summed E-state index contributed by atoms with van der Waals surface area (Å²) < 4.78 is 68.3. The van der Waals surface area contributed by atoms with E-state index in [-0.39, 0.29) is 36.0 Å². The van der Waals surface area contributed by atoms with Crippen molar-refractivity contribution in [2.24, 2.45) is 17.8 Å². The van der Waals surface area contributed by atoms with Crippen molar-refractivity contribution in [3.8, 4) is 6.07 Å². The zero-order valence-corrected chi connectivity index (χ0v) is 17.9. The molecule has 168 valence electrons. The second-order valence-electron chi connectivity index (χ2n) is 8.91. The van der Waals surface area contributed by atoms with Gasteiger partial charge in [0.25, 0.3) is 0 Å². The molecule has 2 aromatic carbocycles. The third-order valence-electron chi connectivity index (χ3n) is 7.25. The van der Waals surface area contributed by atoms with Crippen molar-refractivity contribution in [1.82, 2.24) is 5.32 Å². The Hall–Kier alpha value is -2.57. The molecule has 3 aliphatic rings. The fraction of sp³-hybridized carbons (Fsp3) is 0.435. The predicted octanol–water partition coefficient (Wildman–Crippen LogP) is 3.91. The molecule has 2 saturated carbocycles. The zero-order chi connectivity index (χ0) is 22.7. The van der Waals surface area contributed by atoms with Gasteiger partial charge in [-0.3, -0.25) is 4.31 Å². The Bertz CT molecular complexity index is 1180. The maximum Gasteiger partial charge on any atom is 0.417 e. The number of nitriles is 1. The quantitative estimate of drug-likeness (QED) is 0.749. The molecule has 1 N–H and O–H groups in total. The first-order valence-electron chi connectivity index (χ1n) is 10.6. The first-order valence-corrected chi connectivity index (χ1v) is 12.1. The zero-order valence-electron chi connectivity index (χ0n) is 17.1. The van der Waals surface area contributed by atoms with Gasteiger partial charge in [0.1, 0.15) is 0 Å². The number of anilines is 1. The molecule has 5 nitrogen and oxygen atoms in total. The van der Waals surface area contributed by atoms with Crippen LogP contribution >= 0.6 is 0 Å². The highest BCUT2D eigenvalue weighted by molar-refractivity contribution is 7.93. The lowest BCUT2D eigenvalue weighted by Gasteiger charge is -2.30. The van der Waals surface area contributed by atoms with Crippen LogP contribution in [0.2, 0.25) is 0 Å². The summed E-state index contributed by atoms with van der Waals surface area (Å²) in [5.41, 5.74) is -0.502. The van der Waals surface area contributed by atoms with E-state index in [4.69, 9.17) is 5.26 Å². The van der Waals surface area contributed by atoms with Crippen LogP contribution in [0.4, 0.5) is 18.9 Å². The normalized spacial score (nSPS) is 30.3. The molecule has 0 amide bonds. The van der Waals surface area contributed by atoms with E-state index < -0.39 is 32.6 Å². The van der Waals surface area contributed by atoms with Crippen LogP contribution in [0.3, 0.4) is 0 Å². The Balaban J connectivity index is 1.40. The third kappa shape index (κ3) is 3.37. The number of rotatable bonds is 4. The highest BCUT2D eigenvalue weighted by Gasteiger charge is 2.62. The lowest BCUT2D eigenvalue weighted by molar-refractivity contribution is -0.137. The van der Waals surface area contributed by atoms with Crippen LogP contribution in [0, 0.1) is 29.1 Å². The van der Waals surface area contributed by atoms with Crippen LogP contribution < -0.4 is 9.62 Å². The molecule has 2 aromatic rings. The Morgan fingerprint density at radius 3 is 2.53 bits per heavy atom. The van der Waals surface area contributed by atoms with E-state index in [1.165, 1.54) is 6.07 Å². The van der Waals surface area contributed by atoms with Crippen LogP contribution in [0.15, 0.2) is 48.5 Å². The molecule has 0 unspecified atom stereocenters. The van der Waals surface area contributed by atoms with Crippen molar-refractivity contribution in [3.63, 3.8) is 0 Å². The number of fused-ring (bicyclic) bond motifs is 5. The van der Waals surface area contributed by atoms with E-state index in [9.17, 15) is 21.6 Å². The number of nitrogens with zero attached hydrogens (tertiary/aromatic N) is 2. The van der Waals surface area contributed by atoms with Crippen LogP contribution in [0.5, 0.6) is 0 Å². The Kier molecular flexibility index (Phi) is 4.98. The van der Waals surface area contributed by atoms with E-state index in [1.54, 1.807) is 6.07 Å². The fourth-order valence-electron chi connectivity index (χ4n) is 5.90. The van der Waals surface area contributed by atoms with E-state index in [1.807, 2.05) is 30.3 Å². The first kappa shape index (κ1) is 21.3. The summed E-state index contributed by atoms with van der Waals surface area (Å²) >= 11 is 0. The van der Waals surface area contributed by atoms with E-state index in [0.717, 1.165) is 34.8 Å². The maximum absolute atomic E-state index is 13.5. The molecule has 1 aliphatic heterocycles. The van der Waals surface area contributed by atoms with Crippen LogP contribution in [-0.2, 0) is 22.7 Å². The highest BCUT2D eigenvalue weighted by atomic mass is 32.2. The summed E-state index contributed by atoms with van der Waals surface area (Å²) in [6.07, 6.45) is -3.02. The number of hydrogen-bond acceptors (Lipinski definition) is 4. The molecule has 2 aliphatic carbocycles. The van der Waals surface area contributed by atoms with Crippen LogP contribution in [0.1, 0.15) is 29.5 Å². The van der Waals surface area contributed by atoms with E-state index >= 15 is 0 Å². The van der Waals surface area contributed by atoms with Crippen LogP contribution in [-0.4, -0.2) is 26.3 Å². The molecule has 32 heavy (non-hydrogen) atoms. The summed E-state index contributed by atoms with van der Waals surface area (Å²) in [5.74, 6) is 0.104. The van der Waals surface area contributed by atoms with Gasteiger partial charge < -0.3 is 5.32 Å². The maximum atomic E-state index is 13.5. The number of nitrogens with one attached hydrogen (secondary N) is 1. The molecule has 5 rings (SSSR count). The minimum Gasteiger partial charge on any atom is -0.310 e. The predicted molar refractivity (Wildman–Crippen MR) is 113 cm³/mol. The summed E-state index contributed by atoms with van der Waals surface area (Å²) in [7, 11) is -3.80. The Labute approximate surface area is 184 Å². The van der Waals surface area contributed by atoms with Gasteiger partial charge in [0.15, 0.2) is 0 Å². The number of alkyl halides is 3. The average Bonchev–Trinajstić information content (AvgIpc) is 3.42. The minimum atomic E-state index is -4.73. The summed E-state index contributed by atoms with van der Waals surface area (Å²) in [5, 5.41) is 11.9. The van der Waals surface area contributed by atoms with Crippen molar-refractivity contribution in [2.75, 3.05) is 10.8 Å². The minimum absolute atomic E-state index is 0.0149. The van der Waals surface area contributed by atoms with E-state index in [2.05, 4.69) is 5.32 Å². The molecule has 0 spiro atoms. The molecule has 3 fully saturated rings. The fourth-order valence-corrected chi connectivity index (χ4v) is 8.47. The van der Waals surface area contributed by atoms with Gasteiger partial charge in [0.2, 0.25) is 10.0 Å². The van der Waals surface area contributed by atoms with E-state index in [0.29, 0.717) is 6.54 Å². The van der Waals surface area contributed by atoms with Crippen molar-refractivity contribution < 1.29 is 21.6 Å². The number of benzene rings is 2. The van der Waals surface area contributed by atoms with Gasteiger partial charge in [-0.05, 0) is 54.4 Å². The average molecular weight is 462 g/mol. The molecular weight excluding hydrogens is 439 g/mol. The van der Waals surface area contributed by atoms with Gasteiger partial charge in [-0.15, -0.1) is 0 Å². The Morgan fingerprint density at radius 2 is 1.84 bits per heavy atom. The second kappa shape index (κ2) is 7.49.